The van der Waals surface area contributed by atoms with Crippen LogP contribution in [0.2, 0.25) is 0 Å². The number of benzene rings is 2. The van der Waals surface area contributed by atoms with E-state index in [1.165, 1.54) is 0 Å². The molecule has 8 nitrogen and oxygen atoms in total. The van der Waals surface area contributed by atoms with Gasteiger partial charge in [-0.3, -0.25) is 0 Å². The fourth-order valence-electron chi connectivity index (χ4n) is 3.40. The highest BCUT2D eigenvalue weighted by Crippen LogP contribution is 2.29. The summed E-state index contributed by atoms with van der Waals surface area (Å²) in [6, 6.07) is 19.4. The minimum absolute atomic E-state index is 0.120. The lowest BCUT2D eigenvalue weighted by atomic mass is 10.1. The zero-order chi connectivity index (χ0) is 22.2. The van der Waals surface area contributed by atoms with E-state index in [-0.39, 0.29) is 24.9 Å². The molecule has 1 aliphatic heterocycles. The molecule has 1 saturated heterocycles. The average molecular weight is 437 g/mol. The second-order valence-electron chi connectivity index (χ2n) is 7.72. The van der Waals surface area contributed by atoms with E-state index in [1.807, 2.05) is 67.6 Å². The normalized spacial score (nSPS) is 19.3. The van der Waals surface area contributed by atoms with Crippen LogP contribution in [-0.2, 0) is 27.4 Å². The van der Waals surface area contributed by atoms with Gasteiger partial charge in [-0.15, -0.1) is 10.2 Å². The largest absolute Gasteiger partial charge is 0.445 e. The molecule has 0 bridgehead atoms. The summed E-state index contributed by atoms with van der Waals surface area (Å²) in [4.78, 5) is 12.0. The number of nitrogens with zero attached hydrogens (tertiary/aromatic N) is 2. The first-order valence-electron chi connectivity index (χ1n) is 10.7. The Morgan fingerprint density at radius 3 is 2.38 bits per heavy atom. The number of alkyl carbamates (subject to hydrolysis) is 1. The van der Waals surface area contributed by atoms with Gasteiger partial charge in [-0.2, -0.15) is 0 Å². The molecule has 0 spiro atoms. The maximum absolute atomic E-state index is 12.0. The quantitative estimate of drug-likeness (QED) is 0.554. The minimum atomic E-state index is -0.453. The first kappa shape index (κ1) is 22.0. The lowest BCUT2D eigenvalue weighted by Crippen LogP contribution is -2.41. The molecule has 2 aromatic carbocycles. The number of carbonyl (C=O) groups is 1. The van der Waals surface area contributed by atoms with Gasteiger partial charge in [0.05, 0.1) is 19.3 Å². The second kappa shape index (κ2) is 10.9. The highest BCUT2D eigenvalue weighted by Gasteiger charge is 2.29. The number of carbonyl (C=O) groups excluding carboxylic acids is 1. The molecule has 3 atom stereocenters. The summed E-state index contributed by atoms with van der Waals surface area (Å²) >= 11 is 0. The summed E-state index contributed by atoms with van der Waals surface area (Å²) in [6.45, 7) is 2.93. The van der Waals surface area contributed by atoms with E-state index < -0.39 is 6.09 Å². The van der Waals surface area contributed by atoms with Gasteiger partial charge in [0.15, 0.2) is 0 Å². The van der Waals surface area contributed by atoms with Crippen molar-refractivity contribution in [3.63, 3.8) is 0 Å². The van der Waals surface area contributed by atoms with E-state index in [9.17, 15) is 4.79 Å². The number of aromatic nitrogens is 2. The van der Waals surface area contributed by atoms with Crippen molar-refractivity contribution in [1.29, 1.82) is 0 Å². The standard InChI is InChI=1S/C24H27N3O5/c1-17(29-14-18-8-4-2-5-9-18)22-26-27-23(32-22)21-13-12-20(16-30-21)25-24(28)31-15-19-10-6-3-7-11-19/h2-11,17,20-21H,12-16H2,1H3,(H,25,28)/t17-,20-,21+/m1/s1. The zero-order valence-electron chi connectivity index (χ0n) is 18.0. The van der Waals surface area contributed by atoms with Crippen LogP contribution in [-0.4, -0.2) is 28.9 Å². The molecule has 1 fully saturated rings. The van der Waals surface area contributed by atoms with Crippen molar-refractivity contribution in [2.24, 2.45) is 0 Å². The van der Waals surface area contributed by atoms with Crippen LogP contribution < -0.4 is 5.32 Å². The Morgan fingerprint density at radius 2 is 1.72 bits per heavy atom. The van der Waals surface area contributed by atoms with E-state index in [4.69, 9.17) is 18.6 Å². The Kier molecular flexibility index (Phi) is 7.47. The molecule has 0 radical (unpaired) electrons. The van der Waals surface area contributed by atoms with Crippen LogP contribution in [0.1, 0.15) is 54.9 Å². The van der Waals surface area contributed by atoms with Crippen LogP contribution in [0.5, 0.6) is 0 Å². The number of rotatable bonds is 8. The van der Waals surface area contributed by atoms with Gasteiger partial charge >= 0.3 is 6.09 Å². The Labute approximate surface area is 186 Å². The summed E-state index contributed by atoms with van der Waals surface area (Å²) in [5.41, 5.74) is 2.02. The van der Waals surface area contributed by atoms with Crippen LogP contribution >= 0.6 is 0 Å². The lowest BCUT2D eigenvalue weighted by molar-refractivity contribution is -0.0221. The van der Waals surface area contributed by atoms with Crippen molar-refractivity contribution in [1.82, 2.24) is 15.5 Å². The second-order valence-corrected chi connectivity index (χ2v) is 7.72. The molecule has 1 N–H and O–H groups in total. The van der Waals surface area contributed by atoms with Gasteiger partial charge in [0, 0.05) is 0 Å². The fraction of sp³-hybridized carbons (Fsp3) is 0.375. The van der Waals surface area contributed by atoms with Gasteiger partial charge in [0.1, 0.15) is 18.8 Å². The van der Waals surface area contributed by atoms with Gasteiger partial charge in [0.2, 0.25) is 11.8 Å². The van der Waals surface area contributed by atoms with Crippen LogP contribution in [0.4, 0.5) is 4.79 Å². The monoisotopic (exact) mass is 437 g/mol. The predicted molar refractivity (Wildman–Crippen MR) is 115 cm³/mol. The predicted octanol–water partition coefficient (Wildman–Crippen LogP) is 4.49. The van der Waals surface area contributed by atoms with E-state index in [0.29, 0.717) is 31.4 Å². The lowest BCUT2D eigenvalue weighted by Gasteiger charge is -2.27. The van der Waals surface area contributed by atoms with Gasteiger partial charge in [-0.25, -0.2) is 4.79 Å². The van der Waals surface area contributed by atoms with Crippen molar-refractivity contribution in [2.45, 2.75) is 51.2 Å². The Morgan fingerprint density at radius 1 is 1.03 bits per heavy atom. The minimum Gasteiger partial charge on any atom is -0.445 e. The maximum atomic E-state index is 12.0. The average Bonchev–Trinajstić information content (AvgIpc) is 3.34. The third kappa shape index (κ3) is 6.15. The fourth-order valence-corrected chi connectivity index (χ4v) is 3.40. The van der Waals surface area contributed by atoms with Crippen molar-refractivity contribution >= 4 is 6.09 Å². The number of nitrogens with one attached hydrogen (secondary N) is 1. The highest BCUT2D eigenvalue weighted by atomic mass is 16.6. The van der Waals surface area contributed by atoms with E-state index in [1.54, 1.807) is 0 Å². The van der Waals surface area contributed by atoms with Crippen molar-refractivity contribution < 1.29 is 23.4 Å². The van der Waals surface area contributed by atoms with Crippen LogP contribution in [0, 0.1) is 0 Å². The smallest absolute Gasteiger partial charge is 0.407 e. The topological polar surface area (TPSA) is 95.7 Å². The highest BCUT2D eigenvalue weighted by molar-refractivity contribution is 5.67. The molecular formula is C24H27N3O5. The number of hydrogen-bond acceptors (Lipinski definition) is 7. The Hall–Kier alpha value is -3.23. The molecule has 0 saturated carbocycles. The summed E-state index contributed by atoms with van der Waals surface area (Å²) in [6.07, 6.45) is 0.308. The molecular weight excluding hydrogens is 410 g/mol. The first-order chi connectivity index (χ1) is 15.7. The van der Waals surface area contributed by atoms with Gasteiger partial charge in [0.25, 0.3) is 0 Å². The Balaban J connectivity index is 1.19. The van der Waals surface area contributed by atoms with E-state index in [2.05, 4.69) is 15.5 Å². The molecule has 3 aromatic rings. The number of ether oxygens (including phenoxy) is 3. The summed E-state index contributed by atoms with van der Waals surface area (Å²) in [5.74, 6) is 0.851. The third-order valence-electron chi connectivity index (χ3n) is 5.23. The molecule has 1 aromatic heterocycles. The van der Waals surface area contributed by atoms with E-state index >= 15 is 0 Å². The molecule has 4 rings (SSSR count). The molecule has 32 heavy (non-hydrogen) atoms. The summed E-state index contributed by atoms with van der Waals surface area (Å²) in [5, 5.41) is 11.1. The number of hydrogen-bond donors (Lipinski definition) is 1. The van der Waals surface area contributed by atoms with Crippen LogP contribution in [0.25, 0.3) is 0 Å². The first-order valence-corrected chi connectivity index (χ1v) is 10.7. The van der Waals surface area contributed by atoms with Gasteiger partial charge in [-0.05, 0) is 30.9 Å². The molecule has 1 aliphatic rings. The molecule has 1 amide bonds. The summed E-state index contributed by atoms with van der Waals surface area (Å²) < 4.78 is 22.7. The molecule has 0 unspecified atom stereocenters. The molecule has 2 heterocycles. The van der Waals surface area contributed by atoms with Crippen LogP contribution in [0.3, 0.4) is 0 Å². The third-order valence-corrected chi connectivity index (χ3v) is 5.23. The zero-order valence-corrected chi connectivity index (χ0v) is 18.0. The molecule has 168 valence electrons. The number of amides is 1. The van der Waals surface area contributed by atoms with E-state index in [0.717, 1.165) is 17.5 Å². The van der Waals surface area contributed by atoms with Gasteiger partial charge in [-0.1, -0.05) is 60.7 Å². The van der Waals surface area contributed by atoms with Crippen molar-refractivity contribution in [2.75, 3.05) is 6.61 Å². The molecule has 0 aliphatic carbocycles. The molecule has 8 heteroatoms. The maximum Gasteiger partial charge on any atom is 0.407 e. The van der Waals surface area contributed by atoms with Crippen molar-refractivity contribution in [3.8, 4) is 0 Å². The summed E-state index contributed by atoms with van der Waals surface area (Å²) in [7, 11) is 0. The van der Waals surface area contributed by atoms with Crippen molar-refractivity contribution in [3.05, 3.63) is 83.6 Å². The van der Waals surface area contributed by atoms with Crippen LogP contribution in [0.15, 0.2) is 65.1 Å². The SMILES string of the molecule is C[C@@H](OCc1ccccc1)c1nnc([C@@H]2CC[C@@H](NC(=O)OCc3ccccc3)CO2)o1. The Bertz CT molecular complexity index is 972. The van der Waals surface area contributed by atoms with Gasteiger partial charge < -0.3 is 23.9 Å².